The Morgan fingerprint density at radius 3 is 2.55 bits per heavy atom. The smallest absolute Gasteiger partial charge is 0.194 e. The molecule has 0 atom stereocenters. The molecule has 0 amide bonds. The van der Waals surface area contributed by atoms with Crippen LogP contribution in [0.4, 0.5) is 5.69 Å². The number of hydrogen-bond acceptors (Lipinski definition) is 5. The second-order valence-electron chi connectivity index (χ2n) is 7.20. The van der Waals surface area contributed by atoms with Gasteiger partial charge in [-0.25, -0.2) is 0 Å². The van der Waals surface area contributed by atoms with E-state index < -0.39 is 0 Å². The van der Waals surface area contributed by atoms with E-state index in [4.69, 9.17) is 9.73 Å². The first-order chi connectivity index (χ1) is 14.8. The van der Waals surface area contributed by atoms with E-state index in [2.05, 4.69) is 44.4 Å². The number of fused-ring (bicyclic) bond motifs is 1. The van der Waals surface area contributed by atoms with Gasteiger partial charge in [0.15, 0.2) is 11.6 Å². The molecule has 1 N–H and O–H groups in total. The predicted octanol–water partition coefficient (Wildman–Crippen LogP) is 2.69. The quantitative estimate of drug-likeness (QED) is 0.298. The molecule has 166 valence electrons. The molecule has 1 fully saturated rings. The van der Waals surface area contributed by atoms with Crippen molar-refractivity contribution in [3.05, 3.63) is 54.5 Å². The maximum Gasteiger partial charge on any atom is 0.194 e. The largest absolute Gasteiger partial charge is 0.497 e. The van der Waals surface area contributed by atoms with Gasteiger partial charge in [0.2, 0.25) is 0 Å². The minimum Gasteiger partial charge on any atom is -0.497 e. The van der Waals surface area contributed by atoms with Gasteiger partial charge in [-0.15, -0.1) is 34.2 Å². The Labute approximate surface area is 200 Å². The number of nitrogens with zero attached hydrogens (tertiary/aromatic N) is 6. The van der Waals surface area contributed by atoms with E-state index in [-0.39, 0.29) is 24.0 Å². The number of ether oxygens (including phenoxy) is 1. The molecule has 8 nitrogen and oxygen atoms in total. The normalized spacial score (nSPS) is 14.5. The van der Waals surface area contributed by atoms with Crippen molar-refractivity contribution in [2.24, 2.45) is 4.99 Å². The number of nitrogens with one attached hydrogen (secondary N) is 1. The second-order valence-corrected chi connectivity index (χ2v) is 7.20. The first kappa shape index (κ1) is 23.1. The summed E-state index contributed by atoms with van der Waals surface area (Å²) in [7, 11) is 1.70. The predicted molar refractivity (Wildman–Crippen MR) is 135 cm³/mol. The zero-order valence-corrected chi connectivity index (χ0v) is 20.4. The fraction of sp³-hybridized carbons (Fsp3) is 0.409. The van der Waals surface area contributed by atoms with Crippen molar-refractivity contribution >= 4 is 41.3 Å². The van der Waals surface area contributed by atoms with Crippen LogP contribution in [0.1, 0.15) is 12.7 Å². The molecule has 3 heterocycles. The maximum absolute atomic E-state index is 5.26. The van der Waals surface area contributed by atoms with Crippen LogP contribution >= 0.6 is 24.0 Å². The molecule has 1 aliphatic heterocycles. The van der Waals surface area contributed by atoms with Gasteiger partial charge >= 0.3 is 0 Å². The fourth-order valence-corrected chi connectivity index (χ4v) is 3.72. The number of guanidine groups is 1. The van der Waals surface area contributed by atoms with Gasteiger partial charge in [0, 0.05) is 57.6 Å². The summed E-state index contributed by atoms with van der Waals surface area (Å²) in [5.41, 5.74) is 2.11. The monoisotopic (exact) mass is 535 g/mol. The molecule has 0 spiro atoms. The Kier molecular flexibility index (Phi) is 8.33. The van der Waals surface area contributed by atoms with E-state index in [9.17, 15) is 0 Å². The van der Waals surface area contributed by atoms with Crippen LogP contribution in [0.5, 0.6) is 5.75 Å². The lowest BCUT2D eigenvalue weighted by atomic mass is 10.2. The van der Waals surface area contributed by atoms with Gasteiger partial charge in [0.1, 0.15) is 11.6 Å². The Hall–Kier alpha value is -2.56. The molecule has 9 heteroatoms. The first-order valence-corrected chi connectivity index (χ1v) is 10.5. The topological polar surface area (TPSA) is 70.3 Å². The SMILES string of the molecule is CCNC(=NCCc1nnc2ccccn12)N1CCN(c2ccc(OC)cc2)CC1.I. The summed E-state index contributed by atoms with van der Waals surface area (Å²) in [6.07, 6.45) is 2.75. The lowest BCUT2D eigenvalue weighted by Crippen LogP contribution is -2.52. The van der Waals surface area contributed by atoms with Gasteiger partial charge < -0.3 is 19.9 Å². The molecule has 1 saturated heterocycles. The highest BCUT2D eigenvalue weighted by Crippen LogP contribution is 2.20. The number of benzene rings is 1. The summed E-state index contributed by atoms with van der Waals surface area (Å²) < 4.78 is 7.28. The zero-order chi connectivity index (χ0) is 20.8. The number of anilines is 1. The van der Waals surface area contributed by atoms with Gasteiger partial charge in [-0.3, -0.25) is 9.39 Å². The van der Waals surface area contributed by atoms with Crippen LogP contribution in [0.2, 0.25) is 0 Å². The van der Waals surface area contributed by atoms with E-state index in [0.29, 0.717) is 6.54 Å². The number of rotatable bonds is 6. The molecule has 3 aromatic rings. The molecule has 2 aromatic heterocycles. The van der Waals surface area contributed by atoms with Crippen LogP contribution in [-0.4, -0.2) is 71.8 Å². The number of aromatic nitrogens is 3. The molecule has 4 rings (SSSR count). The van der Waals surface area contributed by atoms with E-state index in [1.165, 1.54) is 5.69 Å². The number of pyridine rings is 1. The van der Waals surface area contributed by atoms with Crippen LogP contribution < -0.4 is 15.0 Å². The van der Waals surface area contributed by atoms with Crippen LogP contribution in [0, 0.1) is 0 Å². The number of methoxy groups -OCH3 is 1. The molecule has 1 aliphatic rings. The summed E-state index contributed by atoms with van der Waals surface area (Å²) in [6.45, 7) is 7.44. The van der Waals surface area contributed by atoms with Crippen LogP contribution in [-0.2, 0) is 6.42 Å². The summed E-state index contributed by atoms with van der Waals surface area (Å²) >= 11 is 0. The molecule has 0 aliphatic carbocycles. The van der Waals surface area contributed by atoms with Gasteiger partial charge in [0.05, 0.1) is 7.11 Å². The van der Waals surface area contributed by atoms with Gasteiger partial charge in [-0.05, 0) is 43.3 Å². The number of piperazine rings is 1. The highest BCUT2D eigenvalue weighted by Gasteiger charge is 2.20. The lowest BCUT2D eigenvalue weighted by molar-refractivity contribution is 0.372. The van der Waals surface area contributed by atoms with Gasteiger partial charge in [0.25, 0.3) is 0 Å². The van der Waals surface area contributed by atoms with E-state index in [1.807, 2.05) is 40.9 Å². The van der Waals surface area contributed by atoms with Crippen molar-refractivity contribution in [3.63, 3.8) is 0 Å². The van der Waals surface area contributed by atoms with Crippen LogP contribution in [0.25, 0.3) is 5.65 Å². The minimum atomic E-state index is 0. The highest BCUT2D eigenvalue weighted by atomic mass is 127. The third-order valence-corrected chi connectivity index (χ3v) is 5.33. The molecule has 31 heavy (non-hydrogen) atoms. The van der Waals surface area contributed by atoms with E-state index in [1.54, 1.807) is 7.11 Å². The summed E-state index contributed by atoms with van der Waals surface area (Å²) in [5, 5.41) is 12.0. The van der Waals surface area contributed by atoms with E-state index >= 15 is 0 Å². The summed E-state index contributed by atoms with van der Waals surface area (Å²) in [6, 6.07) is 14.2. The number of halogens is 1. The number of hydrogen-bond donors (Lipinski definition) is 1. The Balaban J connectivity index is 0.00000272. The Morgan fingerprint density at radius 1 is 1.06 bits per heavy atom. The Morgan fingerprint density at radius 2 is 1.84 bits per heavy atom. The van der Waals surface area contributed by atoms with Crippen molar-refractivity contribution in [1.82, 2.24) is 24.8 Å². The second kappa shape index (κ2) is 11.2. The molecular formula is C22H30IN7O. The van der Waals surface area contributed by atoms with Crippen molar-refractivity contribution < 1.29 is 4.74 Å². The van der Waals surface area contributed by atoms with Crippen molar-refractivity contribution in [2.45, 2.75) is 13.3 Å². The average Bonchev–Trinajstić information content (AvgIpc) is 3.22. The molecule has 0 radical (unpaired) electrons. The minimum absolute atomic E-state index is 0. The molecule has 0 saturated carbocycles. The van der Waals surface area contributed by atoms with Crippen molar-refractivity contribution in [2.75, 3.05) is 51.3 Å². The Bertz CT molecular complexity index is 981. The van der Waals surface area contributed by atoms with Gasteiger partial charge in [-0.2, -0.15) is 0 Å². The zero-order valence-electron chi connectivity index (χ0n) is 18.1. The first-order valence-electron chi connectivity index (χ1n) is 10.5. The molecular weight excluding hydrogens is 505 g/mol. The maximum atomic E-state index is 5.26. The fourth-order valence-electron chi connectivity index (χ4n) is 3.72. The van der Waals surface area contributed by atoms with Crippen molar-refractivity contribution in [3.8, 4) is 5.75 Å². The van der Waals surface area contributed by atoms with Crippen molar-refractivity contribution in [1.29, 1.82) is 0 Å². The van der Waals surface area contributed by atoms with Crippen LogP contribution in [0.3, 0.4) is 0 Å². The third kappa shape index (κ3) is 5.57. The standard InChI is InChI=1S/C22H29N7O.HI/c1-3-23-22(24-12-11-21-26-25-20-6-4-5-13-29(20)21)28-16-14-27(15-17-28)18-7-9-19(30-2)10-8-18;/h4-10,13H,3,11-12,14-17H2,1-2H3,(H,23,24);1H. The van der Waals surface area contributed by atoms with E-state index in [0.717, 1.165) is 62.3 Å². The molecule has 0 unspecified atom stereocenters. The number of aliphatic imine (C=N–C) groups is 1. The third-order valence-electron chi connectivity index (χ3n) is 5.33. The van der Waals surface area contributed by atoms with Crippen LogP contribution in [0.15, 0.2) is 53.7 Å². The average molecular weight is 535 g/mol. The van der Waals surface area contributed by atoms with Gasteiger partial charge in [-0.1, -0.05) is 6.07 Å². The molecule has 0 bridgehead atoms. The lowest BCUT2D eigenvalue weighted by Gasteiger charge is -2.37. The summed E-state index contributed by atoms with van der Waals surface area (Å²) in [4.78, 5) is 9.60. The molecule has 1 aromatic carbocycles. The highest BCUT2D eigenvalue weighted by molar-refractivity contribution is 14.0. The summed E-state index contributed by atoms with van der Waals surface area (Å²) in [5.74, 6) is 2.80.